The van der Waals surface area contributed by atoms with E-state index in [0.717, 1.165) is 5.56 Å². The predicted molar refractivity (Wildman–Crippen MR) is 82.4 cm³/mol. The first-order valence-corrected chi connectivity index (χ1v) is 7.21. The molecule has 6 heteroatoms. The van der Waals surface area contributed by atoms with E-state index >= 15 is 0 Å². The van der Waals surface area contributed by atoms with E-state index in [1.54, 1.807) is 6.07 Å². The lowest BCUT2D eigenvalue weighted by Gasteiger charge is -2.06. The number of methoxy groups -OCH3 is 1. The molecule has 0 spiro atoms. The van der Waals surface area contributed by atoms with Gasteiger partial charge in [0.05, 0.1) is 13.5 Å². The molecule has 0 saturated heterocycles. The zero-order valence-electron chi connectivity index (χ0n) is 13.0. The molecule has 0 aromatic heterocycles. The minimum absolute atomic E-state index is 0.144. The minimum atomic E-state index is -0.356. The smallest absolute Gasteiger partial charge is 0.307 e. The summed E-state index contributed by atoms with van der Waals surface area (Å²) in [4.78, 5) is 34.2. The first kappa shape index (κ1) is 17.7. The van der Waals surface area contributed by atoms with Gasteiger partial charge in [0.25, 0.3) is 5.91 Å². The van der Waals surface area contributed by atoms with Crippen LogP contribution in [0.4, 0.5) is 0 Å². The van der Waals surface area contributed by atoms with Crippen LogP contribution in [0.3, 0.4) is 0 Å². The van der Waals surface area contributed by atoms with Crippen LogP contribution in [0.2, 0.25) is 0 Å². The highest BCUT2D eigenvalue weighted by Crippen LogP contribution is 2.03. The largest absolute Gasteiger partial charge is 0.469 e. The number of ether oxygens (including phenoxy) is 1. The SMILES string of the molecule is COC(=O)CCNC(=O)CCCNC(=O)c1cccc(C)c1. The summed E-state index contributed by atoms with van der Waals surface area (Å²) in [6.07, 6.45) is 1.00. The third-order valence-electron chi connectivity index (χ3n) is 3.03. The number of aryl methyl sites for hydroxylation is 1. The number of esters is 1. The maximum Gasteiger partial charge on any atom is 0.307 e. The third-order valence-corrected chi connectivity index (χ3v) is 3.03. The molecular formula is C16H22N2O4. The van der Waals surface area contributed by atoms with Gasteiger partial charge in [-0.15, -0.1) is 0 Å². The summed E-state index contributed by atoms with van der Waals surface area (Å²) in [5.41, 5.74) is 1.64. The summed E-state index contributed by atoms with van der Waals surface area (Å²) in [7, 11) is 1.31. The van der Waals surface area contributed by atoms with Gasteiger partial charge in [0, 0.05) is 25.1 Å². The number of amides is 2. The Morgan fingerprint density at radius 2 is 1.86 bits per heavy atom. The molecule has 0 fully saturated rings. The van der Waals surface area contributed by atoms with Gasteiger partial charge in [-0.05, 0) is 25.5 Å². The Morgan fingerprint density at radius 3 is 2.55 bits per heavy atom. The standard InChI is InChI=1S/C16H22N2O4/c1-12-5-3-6-13(11-12)16(21)18-9-4-7-14(19)17-10-8-15(20)22-2/h3,5-6,11H,4,7-10H2,1-2H3,(H,17,19)(H,18,21). The zero-order chi connectivity index (χ0) is 16.4. The van der Waals surface area contributed by atoms with Crippen LogP contribution in [0.15, 0.2) is 24.3 Å². The van der Waals surface area contributed by atoms with Crippen LogP contribution in [0, 0.1) is 6.92 Å². The Morgan fingerprint density at radius 1 is 1.09 bits per heavy atom. The topological polar surface area (TPSA) is 84.5 Å². The highest BCUT2D eigenvalue weighted by molar-refractivity contribution is 5.94. The van der Waals surface area contributed by atoms with Gasteiger partial charge in [-0.3, -0.25) is 14.4 Å². The molecule has 1 rings (SSSR count). The molecule has 6 nitrogen and oxygen atoms in total. The normalized spacial score (nSPS) is 9.91. The highest BCUT2D eigenvalue weighted by Gasteiger charge is 2.06. The quantitative estimate of drug-likeness (QED) is 0.558. The Labute approximate surface area is 130 Å². The van der Waals surface area contributed by atoms with E-state index in [1.807, 2.05) is 25.1 Å². The van der Waals surface area contributed by atoms with Crippen LogP contribution >= 0.6 is 0 Å². The van der Waals surface area contributed by atoms with Crippen molar-refractivity contribution in [2.45, 2.75) is 26.2 Å². The van der Waals surface area contributed by atoms with Gasteiger partial charge in [-0.1, -0.05) is 17.7 Å². The Bertz CT molecular complexity index is 529. The van der Waals surface area contributed by atoms with Crippen LogP contribution in [0.25, 0.3) is 0 Å². The maximum absolute atomic E-state index is 11.9. The molecule has 0 unspecified atom stereocenters. The summed E-state index contributed by atoms with van der Waals surface area (Å²) in [6.45, 7) is 2.62. The van der Waals surface area contributed by atoms with E-state index in [4.69, 9.17) is 0 Å². The fraction of sp³-hybridized carbons (Fsp3) is 0.438. The van der Waals surface area contributed by atoms with Crippen molar-refractivity contribution in [1.29, 1.82) is 0 Å². The molecule has 0 radical (unpaired) electrons. The molecule has 0 aliphatic heterocycles. The summed E-state index contributed by atoms with van der Waals surface area (Å²) >= 11 is 0. The minimum Gasteiger partial charge on any atom is -0.469 e. The average Bonchev–Trinajstić information content (AvgIpc) is 2.51. The third kappa shape index (κ3) is 6.88. The van der Waals surface area contributed by atoms with Crippen LogP contribution < -0.4 is 10.6 Å². The number of hydrogen-bond acceptors (Lipinski definition) is 4. The molecular weight excluding hydrogens is 284 g/mol. The van der Waals surface area contributed by atoms with E-state index in [2.05, 4.69) is 15.4 Å². The molecule has 120 valence electrons. The van der Waals surface area contributed by atoms with Crippen molar-refractivity contribution in [3.8, 4) is 0 Å². The molecule has 0 saturated carbocycles. The zero-order valence-corrected chi connectivity index (χ0v) is 13.0. The van der Waals surface area contributed by atoms with E-state index in [-0.39, 0.29) is 30.7 Å². The molecule has 0 heterocycles. The van der Waals surface area contributed by atoms with Crippen LogP contribution in [0.5, 0.6) is 0 Å². The molecule has 2 N–H and O–H groups in total. The van der Waals surface area contributed by atoms with Gasteiger partial charge in [-0.2, -0.15) is 0 Å². The van der Waals surface area contributed by atoms with Crippen LogP contribution in [-0.4, -0.2) is 38.0 Å². The molecule has 1 aromatic carbocycles. The Kier molecular flexibility index (Phi) is 7.67. The second kappa shape index (κ2) is 9.55. The van der Waals surface area contributed by atoms with E-state index < -0.39 is 0 Å². The van der Waals surface area contributed by atoms with Crippen LogP contribution in [0.1, 0.15) is 35.2 Å². The summed E-state index contributed by atoms with van der Waals surface area (Å²) in [5.74, 6) is -0.644. The fourth-order valence-corrected chi connectivity index (χ4v) is 1.83. The van der Waals surface area contributed by atoms with Crippen molar-refractivity contribution in [2.24, 2.45) is 0 Å². The molecule has 0 aliphatic carbocycles. The number of benzene rings is 1. The van der Waals surface area contributed by atoms with E-state index in [0.29, 0.717) is 24.9 Å². The molecule has 0 atom stereocenters. The van der Waals surface area contributed by atoms with Crippen molar-refractivity contribution in [2.75, 3.05) is 20.2 Å². The maximum atomic E-state index is 11.9. The first-order valence-electron chi connectivity index (χ1n) is 7.21. The number of nitrogens with one attached hydrogen (secondary N) is 2. The molecule has 0 bridgehead atoms. The van der Waals surface area contributed by atoms with Gasteiger partial charge in [0.2, 0.25) is 5.91 Å². The molecule has 22 heavy (non-hydrogen) atoms. The van der Waals surface area contributed by atoms with E-state index in [1.165, 1.54) is 7.11 Å². The first-order chi connectivity index (χ1) is 10.5. The van der Waals surface area contributed by atoms with Gasteiger partial charge in [-0.25, -0.2) is 0 Å². The van der Waals surface area contributed by atoms with Gasteiger partial charge < -0.3 is 15.4 Å². The number of hydrogen-bond donors (Lipinski definition) is 2. The molecule has 0 aliphatic rings. The number of rotatable bonds is 8. The van der Waals surface area contributed by atoms with Crippen molar-refractivity contribution in [3.05, 3.63) is 35.4 Å². The second-order valence-corrected chi connectivity index (χ2v) is 4.91. The van der Waals surface area contributed by atoms with E-state index in [9.17, 15) is 14.4 Å². The Balaban J connectivity index is 2.15. The lowest BCUT2D eigenvalue weighted by atomic mass is 10.1. The van der Waals surface area contributed by atoms with Crippen molar-refractivity contribution in [3.63, 3.8) is 0 Å². The highest BCUT2D eigenvalue weighted by atomic mass is 16.5. The van der Waals surface area contributed by atoms with Crippen molar-refractivity contribution >= 4 is 17.8 Å². The van der Waals surface area contributed by atoms with Crippen LogP contribution in [-0.2, 0) is 14.3 Å². The van der Waals surface area contributed by atoms with Crippen molar-refractivity contribution in [1.82, 2.24) is 10.6 Å². The van der Waals surface area contributed by atoms with Gasteiger partial charge >= 0.3 is 5.97 Å². The monoisotopic (exact) mass is 306 g/mol. The Hall–Kier alpha value is -2.37. The average molecular weight is 306 g/mol. The number of carbonyl (C=O) groups excluding carboxylic acids is 3. The summed E-state index contributed by atoms with van der Waals surface area (Å²) in [5, 5.41) is 5.39. The fourth-order valence-electron chi connectivity index (χ4n) is 1.83. The molecule has 1 aromatic rings. The summed E-state index contributed by atoms with van der Waals surface area (Å²) in [6, 6.07) is 7.32. The number of carbonyl (C=O) groups is 3. The van der Waals surface area contributed by atoms with Crippen molar-refractivity contribution < 1.29 is 19.1 Å². The van der Waals surface area contributed by atoms with Gasteiger partial charge in [0.1, 0.15) is 0 Å². The molecule has 2 amide bonds. The lowest BCUT2D eigenvalue weighted by molar-refractivity contribution is -0.140. The van der Waals surface area contributed by atoms with Gasteiger partial charge in [0.15, 0.2) is 0 Å². The second-order valence-electron chi connectivity index (χ2n) is 4.91. The predicted octanol–water partition coefficient (Wildman–Crippen LogP) is 1.18. The lowest BCUT2D eigenvalue weighted by Crippen LogP contribution is -2.28. The summed E-state index contributed by atoms with van der Waals surface area (Å²) < 4.78 is 4.47.